The van der Waals surface area contributed by atoms with Crippen molar-refractivity contribution in [3.63, 3.8) is 0 Å². The van der Waals surface area contributed by atoms with Crippen LogP contribution in [0.1, 0.15) is 30.0 Å². The molecule has 0 unspecified atom stereocenters. The molecular weight excluding hydrogens is 632 g/mol. The van der Waals surface area contributed by atoms with Crippen molar-refractivity contribution in [1.82, 2.24) is 10.2 Å². The number of amides is 4. The first-order chi connectivity index (χ1) is 18.8. The minimum absolute atomic E-state index is 0.0562. The Hall–Kier alpha value is -3.63. The molecule has 202 valence electrons. The van der Waals surface area contributed by atoms with Crippen LogP contribution in [0.5, 0.6) is 17.2 Å². The summed E-state index contributed by atoms with van der Waals surface area (Å²) in [6.07, 6.45) is 2.28. The molecule has 0 radical (unpaired) electrons. The summed E-state index contributed by atoms with van der Waals surface area (Å²) in [4.78, 5) is 39.5. The summed E-state index contributed by atoms with van der Waals surface area (Å²) in [5, 5.41) is 2.25. The SMILES string of the molecule is CCCOc1ccc(CN2C(=O)NC(=O)/C(=C\c3cc(Br)c(OCc4ccccc4)c(Br)c3)C2=O)cc1OC. The molecule has 39 heavy (non-hydrogen) atoms. The van der Waals surface area contributed by atoms with Gasteiger partial charge in [0, 0.05) is 0 Å². The number of barbiturate groups is 1. The molecule has 1 heterocycles. The van der Waals surface area contributed by atoms with Gasteiger partial charge in [-0.3, -0.25) is 19.8 Å². The highest BCUT2D eigenvalue weighted by Gasteiger charge is 2.36. The lowest BCUT2D eigenvalue weighted by molar-refractivity contribution is -0.130. The summed E-state index contributed by atoms with van der Waals surface area (Å²) < 4.78 is 18.3. The maximum Gasteiger partial charge on any atom is 0.331 e. The average molecular weight is 658 g/mol. The molecule has 0 aromatic heterocycles. The van der Waals surface area contributed by atoms with Crippen molar-refractivity contribution in [3.8, 4) is 17.2 Å². The first-order valence-corrected chi connectivity index (χ1v) is 13.7. The maximum atomic E-state index is 13.3. The zero-order valence-electron chi connectivity index (χ0n) is 21.3. The number of rotatable bonds is 10. The fraction of sp³-hybridized carbons (Fsp3) is 0.207. The fourth-order valence-electron chi connectivity index (χ4n) is 3.86. The number of hydrogen-bond donors (Lipinski definition) is 1. The number of nitrogens with one attached hydrogen (secondary N) is 1. The molecular formula is C29H26Br2N2O6. The molecule has 0 atom stereocenters. The predicted molar refractivity (Wildman–Crippen MR) is 153 cm³/mol. The molecule has 0 aliphatic carbocycles. The standard InChI is InChI=1S/C29H26Br2N2O6/c1-3-11-38-24-10-9-19(15-25(24)37-2)16-33-28(35)21(27(34)32-29(33)36)12-20-13-22(30)26(23(31)14-20)39-17-18-7-5-4-6-8-18/h4-10,12-15H,3,11,16-17H2,1-2H3,(H,32,34,36)/b21-12+. The molecule has 0 saturated carbocycles. The third-order valence-electron chi connectivity index (χ3n) is 5.77. The van der Waals surface area contributed by atoms with Crippen LogP contribution in [0.2, 0.25) is 0 Å². The van der Waals surface area contributed by atoms with Gasteiger partial charge in [-0.2, -0.15) is 0 Å². The van der Waals surface area contributed by atoms with Crippen molar-refractivity contribution in [1.29, 1.82) is 0 Å². The number of benzene rings is 3. The quantitative estimate of drug-likeness (QED) is 0.205. The van der Waals surface area contributed by atoms with Crippen LogP contribution in [0.3, 0.4) is 0 Å². The molecule has 0 bridgehead atoms. The Kier molecular flexibility index (Phi) is 9.42. The van der Waals surface area contributed by atoms with Gasteiger partial charge >= 0.3 is 6.03 Å². The zero-order chi connectivity index (χ0) is 27.9. The van der Waals surface area contributed by atoms with E-state index in [-0.39, 0.29) is 12.1 Å². The lowest BCUT2D eigenvalue weighted by atomic mass is 10.1. The molecule has 4 rings (SSSR count). The molecule has 1 aliphatic heterocycles. The molecule has 1 saturated heterocycles. The Bertz CT molecular complexity index is 1400. The monoisotopic (exact) mass is 656 g/mol. The number of carbonyl (C=O) groups excluding carboxylic acids is 3. The van der Waals surface area contributed by atoms with Crippen molar-refractivity contribution in [3.05, 3.63) is 91.9 Å². The van der Waals surface area contributed by atoms with Gasteiger partial charge in [-0.25, -0.2) is 4.79 Å². The molecule has 4 amide bonds. The van der Waals surface area contributed by atoms with Crippen LogP contribution in [0, 0.1) is 0 Å². The third kappa shape index (κ3) is 6.88. The number of carbonyl (C=O) groups is 3. The van der Waals surface area contributed by atoms with Crippen LogP contribution < -0.4 is 19.5 Å². The topological polar surface area (TPSA) is 94.2 Å². The van der Waals surface area contributed by atoms with E-state index in [1.165, 1.54) is 13.2 Å². The summed E-state index contributed by atoms with van der Waals surface area (Å²) in [5.74, 6) is 0.171. The molecule has 8 nitrogen and oxygen atoms in total. The molecule has 1 aliphatic rings. The summed E-state index contributed by atoms with van der Waals surface area (Å²) in [6.45, 7) is 2.84. The van der Waals surface area contributed by atoms with Crippen LogP contribution in [-0.4, -0.2) is 36.5 Å². The van der Waals surface area contributed by atoms with E-state index in [2.05, 4.69) is 37.2 Å². The molecule has 3 aromatic rings. The van der Waals surface area contributed by atoms with Gasteiger partial charge in [0.1, 0.15) is 17.9 Å². The second kappa shape index (κ2) is 12.9. The van der Waals surface area contributed by atoms with Gasteiger partial charge in [0.15, 0.2) is 11.5 Å². The number of imide groups is 2. The molecule has 3 aromatic carbocycles. The Balaban J connectivity index is 1.54. The number of methoxy groups -OCH3 is 1. The molecule has 1 N–H and O–H groups in total. The summed E-state index contributed by atoms with van der Waals surface area (Å²) >= 11 is 7.02. The Morgan fingerprint density at radius 2 is 1.62 bits per heavy atom. The average Bonchev–Trinajstić information content (AvgIpc) is 2.92. The molecule has 1 fully saturated rings. The van der Waals surface area contributed by atoms with Crippen molar-refractivity contribution in [2.24, 2.45) is 0 Å². The maximum absolute atomic E-state index is 13.3. The van der Waals surface area contributed by atoms with E-state index >= 15 is 0 Å². The normalized spacial score (nSPS) is 14.4. The first-order valence-electron chi connectivity index (χ1n) is 12.1. The Morgan fingerprint density at radius 3 is 2.28 bits per heavy atom. The number of hydrogen-bond acceptors (Lipinski definition) is 6. The third-order valence-corrected chi connectivity index (χ3v) is 6.95. The van der Waals surface area contributed by atoms with Gasteiger partial charge in [0.2, 0.25) is 0 Å². The van der Waals surface area contributed by atoms with Gasteiger partial charge in [0.05, 0.1) is 29.2 Å². The second-order valence-corrected chi connectivity index (χ2v) is 10.3. The van der Waals surface area contributed by atoms with Crippen molar-refractivity contribution in [2.75, 3.05) is 13.7 Å². The number of urea groups is 1. The minimum atomic E-state index is -0.792. The van der Waals surface area contributed by atoms with E-state index in [9.17, 15) is 14.4 Å². The van der Waals surface area contributed by atoms with Crippen LogP contribution in [0.25, 0.3) is 6.08 Å². The number of halogens is 2. The first kappa shape index (κ1) is 28.4. The Labute approximate surface area is 243 Å². The minimum Gasteiger partial charge on any atom is -0.493 e. The smallest absolute Gasteiger partial charge is 0.331 e. The van der Waals surface area contributed by atoms with Crippen molar-refractivity contribution < 1.29 is 28.6 Å². The van der Waals surface area contributed by atoms with E-state index in [0.29, 0.717) is 50.5 Å². The van der Waals surface area contributed by atoms with Crippen molar-refractivity contribution >= 4 is 55.8 Å². The number of nitrogens with zero attached hydrogens (tertiary/aromatic N) is 1. The highest BCUT2D eigenvalue weighted by molar-refractivity contribution is 9.11. The van der Waals surface area contributed by atoms with Gasteiger partial charge in [0.25, 0.3) is 11.8 Å². The van der Waals surface area contributed by atoms with Crippen LogP contribution in [-0.2, 0) is 22.7 Å². The van der Waals surface area contributed by atoms with E-state index in [4.69, 9.17) is 14.2 Å². The Morgan fingerprint density at radius 1 is 0.897 bits per heavy atom. The second-order valence-electron chi connectivity index (χ2n) is 8.63. The summed E-state index contributed by atoms with van der Waals surface area (Å²) in [6, 6.07) is 17.6. The van der Waals surface area contributed by atoms with Gasteiger partial charge in [-0.1, -0.05) is 43.3 Å². The summed E-state index contributed by atoms with van der Waals surface area (Å²) in [7, 11) is 1.52. The molecule has 10 heteroatoms. The zero-order valence-corrected chi connectivity index (χ0v) is 24.5. The van der Waals surface area contributed by atoms with E-state index in [1.807, 2.05) is 37.3 Å². The highest BCUT2D eigenvalue weighted by Crippen LogP contribution is 2.36. The molecule has 0 spiro atoms. The van der Waals surface area contributed by atoms with E-state index in [1.54, 1.807) is 30.3 Å². The van der Waals surface area contributed by atoms with Gasteiger partial charge in [-0.05, 0) is 85.3 Å². The lowest BCUT2D eigenvalue weighted by Crippen LogP contribution is -2.53. The lowest BCUT2D eigenvalue weighted by Gasteiger charge is -2.26. The highest BCUT2D eigenvalue weighted by atomic mass is 79.9. The van der Waals surface area contributed by atoms with Crippen LogP contribution in [0.15, 0.2) is 75.2 Å². The van der Waals surface area contributed by atoms with Gasteiger partial charge < -0.3 is 14.2 Å². The predicted octanol–water partition coefficient (Wildman–Crippen LogP) is 6.25. The van der Waals surface area contributed by atoms with E-state index in [0.717, 1.165) is 16.9 Å². The van der Waals surface area contributed by atoms with Crippen LogP contribution in [0.4, 0.5) is 4.79 Å². The largest absolute Gasteiger partial charge is 0.493 e. The van der Waals surface area contributed by atoms with Crippen molar-refractivity contribution in [2.45, 2.75) is 26.5 Å². The van der Waals surface area contributed by atoms with Gasteiger partial charge in [-0.15, -0.1) is 0 Å². The summed E-state index contributed by atoms with van der Waals surface area (Å²) in [5.41, 5.74) is 2.05. The van der Waals surface area contributed by atoms with Crippen LogP contribution >= 0.6 is 31.9 Å². The fourth-order valence-corrected chi connectivity index (χ4v) is 5.31. The number of ether oxygens (including phenoxy) is 3. The van der Waals surface area contributed by atoms with E-state index < -0.39 is 17.8 Å².